The molecule has 0 aliphatic heterocycles. The van der Waals surface area contributed by atoms with Crippen molar-refractivity contribution in [3.8, 4) is 0 Å². The number of nitrogens with two attached hydrogens (primary N) is 1. The van der Waals surface area contributed by atoms with E-state index in [0.717, 1.165) is 0 Å². The molecule has 0 fully saturated rings. The molecule has 0 aliphatic carbocycles. The monoisotopic (exact) mass is 217 g/mol. The quantitative estimate of drug-likeness (QED) is 0.830. The maximum absolute atomic E-state index is 13.3. The first-order valence-corrected chi connectivity index (χ1v) is 4.94. The number of halogens is 1. The van der Waals surface area contributed by atoms with E-state index >= 15 is 0 Å². The minimum absolute atomic E-state index is 0.217. The molecule has 3 N–H and O–H groups in total. The smallest absolute Gasteiger partial charge is 0.128 e. The van der Waals surface area contributed by atoms with E-state index in [9.17, 15) is 4.39 Å². The number of aromatic nitrogens is 1. The number of hydrogen-bond acceptors (Lipinski definition) is 3. The average molecular weight is 217 g/mol. The molecule has 0 bridgehead atoms. The van der Waals surface area contributed by atoms with Crippen LogP contribution in [0.1, 0.15) is 5.56 Å². The van der Waals surface area contributed by atoms with Gasteiger partial charge in [-0.15, -0.1) is 0 Å². The van der Waals surface area contributed by atoms with Crippen molar-refractivity contribution in [1.29, 1.82) is 0 Å². The minimum atomic E-state index is -0.217. The molecule has 0 saturated carbocycles. The second-order valence-corrected chi connectivity index (χ2v) is 3.42. The van der Waals surface area contributed by atoms with Gasteiger partial charge in [-0.3, -0.25) is 0 Å². The van der Waals surface area contributed by atoms with Gasteiger partial charge in [0.1, 0.15) is 11.6 Å². The molecule has 0 radical (unpaired) electrons. The molecule has 0 aliphatic rings. The fraction of sp³-hybridized carbons (Fsp3) is 0.0833. The summed E-state index contributed by atoms with van der Waals surface area (Å²) in [7, 11) is 0. The van der Waals surface area contributed by atoms with Gasteiger partial charge in [-0.05, 0) is 18.2 Å². The zero-order chi connectivity index (χ0) is 11.4. The van der Waals surface area contributed by atoms with Gasteiger partial charge in [-0.1, -0.05) is 18.2 Å². The van der Waals surface area contributed by atoms with Crippen LogP contribution in [0.5, 0.6) is 0 Å². The summed E-state index contributed by atoms with van der Waals surface area (Å²) in [4.78, 5) is 4.06. The van der Waals surface area contributed by atoms with Crippen LogP contribution in [0.25, 0.3) is 0 Å². The van der Waals surface area contributed by atoms with Crippen molar-refractivity contribution < 1.29 is 4.39 Å². The Morgan fingerprint density at radius 1 is 1.19 bits per heavy atom. The molecule has 0 saturated heterocycles. The van der Waals surface area contributed by atoms with E-state index in [0.29, 0.717) is 23.6 Å². The minimum Gasteiger partial charge on any atom is -0.397 e. The molecule has 2 aromatic rings. The molecule has 1 aromatic carbocycles. The standard InChI is InChI=1S/C12H12FN3/c13-11-4-2-1-3-9(11)7-15-12-6-5-10(14)8-16-12/h1-6,8H,7,14H2,(H,15,16). The largest absolute Gasteiger partial charge is 0.397 e. The third-order valence-electron chi connectivity index (χ3n) is 2.20. The molecule has 82 valence electrons. The molecule has 16 heavy (non-hydrogen) atoms. The highest BCUT2D eigenvalue weighted by atomic mass is 19.1. The first kappa shape index (κ1) is 10.4. The van der Waals surface area contributed by atoms with Crippen molar-refractivity contribution in [2.75, 3.05) is 11.1 Å². The van der Waals surface area contributed by atoms with Gasteiger partial charge in [-0.25, -0.2) is 9.37 Å². The van der Waals surface area contributed by atoms with Crippen LogP contribution in [0, 0.1) is 5.82 Å². The van der Waals surface area contributed by atoms with E-state index in [2.05, 4.69) is 10.3 Å². The van der Waals surface area contributed by atoms with Crippen LogP contribution in [-0.4, -0.2) is 4.98 Å². The molecule has 0 atom stereocenters. The second kappa shape index (κ2) is 4.61. The summed E-state index contributed by atoms with van der Waals surface area (Å²) in [6, 6.07) is 10.1. The van der Waals surface area contributed by atoms with Gasteiger partial charge in [0, 0.05) is 12.1 Å². The molecule has 4 heteroatoms. The van der Waals surface area contributed by atoms with Gasteiger partial charge in [0.2, 0.25) is 0 Å². The molecule has 1 heterocycles. The Morgan fingerprint density at radius 3 is 2.69 bits per heavy atom. The van der Waals surface area contributed by atoms with Crippen LogP contribution in [0.2, 0.25) is 0 Å². The highest BCUT2D eigenvalue weighted by Crippen LogP contribution is 2.10. The fourth-order valence-corrected chi connectivity index (χ4v) is 1.34. The van der Waals surface area contributed by atoms with Crippen LogP contribution in [0.3, 0.4) is 0 Å². The lowest BCUT2D eigenvalue weighted by atomic mass is 10.2. The van der Waals surface area contributed by atoms with E-state index in [1.807, 2.05) is 0 Å². The Labute approximate surface area is 93.1 Å². The molecule has 1 aromatic heterocycles. The first-order valence-electron chi connectivity index (χ1n) is 4.94. The third kappa shape index (κ3) is 2.48. The van der Waals surface area contributed by atoms with Crippen LogP contribution in [0.15, 0.2) is 42.6 Å². The molecule has 2 rings (SSSR count). The first-order chi connectivity index (χ1) is 7.75. The van der Waals surface area contributed by atoms with E-state index < -0.39 is 0 Å². The molecule has 3 nitrogen and oxygen atoms in total. The second-order valence-electron chi connectivity index (χ2n) is 3.42. The summed E-state index contributed by atoms with van der Waals surface area (Å²) < 4.78 is 13.3. The van der Waals surface area contributed by atoms with Crippen molar-refractivity contribution in [2.45, 2.75) is 6.54 Å². The molecular weight excluding hydrogens is 205 g/mol. The highest BCUT2D eigenvalue weighted by molar-refractivity contribution is 5.44. The lowest BCUT2D eigenvalue weighted by molar-refractivity contribution is 0.613. The summed E-state index contributed by atoms with van der Waals surface area (Å²) in [6.07, 6.45) is 1.56. The maximum Gasteiger partial charge on any atom is 0.128 e. The number of nitrogens with one attached hydrogen (secondary N) is 1. The summed E-state index contributed by atoms with van der Waals surface area (Å²) in [6.45, 7) is 0.406. The van der Waals surface area contributed by atoms with Gasteiger partial charge in [-0.2, -0.15) is 0 Å². The van der Waals surface area contributed by atoms with Gasteiger partial charge >= 0.3 is 0 Å². The number of nitrogens with zero attached hydrogens (tertiary/aromatic N) is 1. The zero-order valence-corrected chi connectivity index (χ0v) is 8.65. The van der Waals surface area contributed by atoms with Crippen molar-refractivity contribution in [3.05, 3.63) is 54.0 Å². The molecule has 0 unspecified atom stereocenters. The number of rotatable bonds is 3. The molecular formula is C12H12FN3. The predicted molar refractivity (Wildman–Crippen MR) is 62.4 cm³/mol. The van der Waals surface area contributed by atoms with Gasteiger partial charge in [0.15, 0.2) is 0 Å². The zero-order valence-electron chi connectivity index (χ0n) is 8.65. The van der Waals surface area contributed by atoms with Gasteiger partial charge in [0.25, 0.3) is 0 Å². The number of pyridine rings is 1. The Bertz CT molecular complexity index is 468. The number of benzene rings is 1. The summed E-state index contributed by atoms with van der Waals surface area (Å²) in [5, 5.41) is 3.02. The van der Waals surface area contributed by atoms with Gasteiger partial charge < -0.3 is 11.1 Å². The van der Waals surface area contributed by atoms with Crippen LogP contribution in [0.4, 0.5) is 15.9 Å². The lowest BCUT2D eigenvalue weighted by Crippen LogP contribution is -2.03. The van der Waals surface area contributed by atoms with Crippen LogP contribution in [-0.2, 0) is 6.54 Å². The Hall–Kier alpha value is -2.10. The number of nitrogen functional groups attached to an aromatic ring is 1. The lowest BCUT2D eigenvalue weighted by Gasteiger charge is -2.06. The van der Waals surface area contributed by atoms with Crippen molar-refractivity contribution in [2.24, 2.45) is 0 Å². The predicted octanol–water partition coefficient (Wildman–Crippen LogP) is 2.42. The normalized spacial score (nSPS) is 10.1. The maximum atomic E-state index is 13.3. The average Bonchev–Trinajstić information content (AvgIpc) is 2.30. The number of hydrogen-bond donors (Lipinski definition) is 2. The Morgan fingerprint density at radius 2 is 2.00 bits per heavy atom. The summed E-state index contributed by atoms with van der Waals surface area (Å²) in [5.41, 5.74) is 6.73. The summed E-state index contributed by atoms with van der Waals surface area (Å²) in [5.74, 6) is 0.461. The Balaban J connectivity index is 2.02. The highest BCUT2D eigenvalue weighted by Gasteiger charge is 2.00. The summed E-state index contributed by atoms with van der Waals surface area (Å²) >= 11 is 0. The van der Waals surface area contributed by atoms with Crippen LogP contribution >= 0.6 is 0 Å². The topological polar surface area (TPSA) is 50.9 Å². The van der Waals surface area contributed by atoms with E-state index in [1.54, 1.807) is 36.5 Å². The SMILES string of the molecule is Nc1ccc(NCc2ccccc2F)nc1. The third-order valence-corrected chi connectivity index (χ3v) is 2.20. The van der Waals surface area contributed by atoms with E-state index in [1.165, 1.54) is 6.07 Å². The van der Waals surface area contributed by atoms with E-state index in [4.69, 9.17) is 5.73 Å². The Kier molecular flexibility index (Phi) is 3.00. The van der Waals surface area contributed by atoms with Gasteiger partial charge in [0.05, 0.1) is 11.9 Å². The number of anilines is 2. The van der Waals surface area contributed by atoms with E-state index in [-0.39, 0.29) is 5.82 Å². The molecule has 0 amide bonds. The van der Waals surface area contributed by atoms with Crippen molar-refractivity contribution in [3.63, 3.8) is 0 Å². The van der Waals surface area contributed by atoms with Crippen molar-refractivity contribution >= 4 is 11.5 Å². The van der Waals surface area contributed by atoms with Crippen LogP contribution < -0.4 is 11.1 Å². The molecule has 0 spiro atoms. The fourth-order valence-electron chi connectivity index (χ4n) is 1.34. The van der Waals surface area contributed by atoms with Crippen molar-refractivity contribution in [1.82, 2.24) is 4.98 Å².